The summed E-state index contributed by atoms with van der Waals surface area (Å²) in [6, 6.07) is 2.81. The number of hydrogen-bond donors (Lipinski definition) is 1. The minimum absolute atomic E-state index is 0.192. The molecule has 24 heavy (non-hydrogen) atoms. The van der Waals surface area contributed by atoms with Crippen LogP contribution in [0.2, 0.25) is 0 Å². The molecule has 0 bridgehead atoms. The van der Waals surface area contributed by atoms with Gasteiger partial charge in [-0.15, -0.1) is 10.2 Å². The van der Waals surface area contributed by atoms with Gasteiger partial charge in [-0.3, -0.25) is 30.3 Å². The summed E-state index contributed by atoms with van der Waals surface area (Å²) in [7, 11) is 0. The molecule has 1 aromatic heterocycles. The maximum Gasteiger partial charge on any atom is 0.289 e. The standard InChI is InChI=1S/C13H13N5O5S/c1-13(2,3)11-15-16-12(24-11)14-10(19)8-5-4-7(17(20)21)6-9(8)18(22)23/h4-6H,1-3H3,(H,14,16,19). The second-order valence-corrected chi connectivity index (χ2v) is 6.81. The lowest BCUT2D eigenvalue weighted by molar-refractivity contribution is -0.394. The molecule has 0 fully saturated rings. The van der Waals surface area contributed by atoms with E-state index >= 15 is 0 Å². The number of hydrogen-bond acceptors (Lipinski definition) is 8. The quantitative estimate of drug-likeness (QED) is 0.659. The van der Waals surface area contributed by atoms with Crippen LogP contribution in [0.1, 0.15) is 36.1 Å². The molecule has 0 unspecified atom stereocenters. The second kappa shape index (κ2) is 6.28. The van der Waals surface area contributed by atoms with Gasteiger partial charge < -0.3 is 0 Å². The average molecular weight is 351 g/mol. The summed E-state index contributed by atoms with van der Waals surface area (Å²) in [5.41, 5.74) is -1.66. The molecule has 0 aliphatic carbocycles. The first-order valence-electron chi connectivity index (χ1n) is 6.68. The number of nitro benzene ring substituents is 2. The zero-order valence-electron chi connectivity index (χ0n) is 13.0. The number of nitro groups is 2. The molecule has 0 atom stereocenters. The number of carbonyl (C=O) groups is 1. The van der Waals surface area contributed by atoms with Crippen LogP contribution in [0.15, 0.2) is 18.2 Å². The molecule has 1 amide bonds. The Labute approximate surface area is 139 Å². The number of carbonyl (C=O) groups excluding carboxylic acids is 1. The lowest BCUT2D eigenvalue weighted by atomic mass is 9.98. The van der Waals surface area contributed by atoms with E-state index in [0.29, 0.717) is 5.01 Å². The van der Waals surface area contributed by atoms with Crippen LogP contribution in [0.25, 0.3) is 0 Å². The van der Waals surface area contributed by atoms with Crippen molar-refractivity contribution >= 4 is 33.8 Å². The first kappa shape index (κ1) is 17.4. The highest BCUT2D eigenvalue weighted by Crippen LogP contribution is 2.29. The Balaban J connectivity index is 2.31. The Morgan fingerprint density at radius 2 is 1.83 bits per heavy atom. The van der Waals surface area contributed by atoms with Gasteiger partial charge in [0.15, 0.2) is 0 Å². The molecule has 1 N–H and O–H groups in total. The molecule has 1 aromatic carbocycles. The minimum Gasteiger partial charge on any atom is -0.296 e. The van der Waals surface area contributed by atoms with Gasteiger partial charge >= 0.3 is 0 Å². The monoisotopic (exact) mass is 351 g/mol. The zero-order valence-corrected chi connectivity index (χ0v) is 13.8. The third-order valence-corrected chi connectivity index (χ3v) is 4.18. The lowest BCUT2D eigenvalue weighted by Gasteiger charge is -2.12. The Hall–Kier alpha value is -2.95. The van der Waals surface area contributed by atoms with Crippen LogP contribution < -0.4 is 5.32 Å². The summed E-state index contributed by atoms with van der Waals surface area (Å²) < 4.78 is 0. The Bertz CT molecular complexity index is 826. The summed E-state index contributed by atoms with van der Waals surface area (Å²) in [5.74, 6) is -0.784. The molecule has 2 aromatic rings. The summed E-state index contributed by atoms with van der Waals surface area (Å²) in [6.45, 7) is 5.79. The highest BCUT2D eigenvalue weighted by molar-refractivity contribution is 7.15. The fourth-order valence-electron chi connectivity index (χ4n) is 1.72. The molecule has 2 rings (SSSR count). The number of rotatable bonds is 4. The SMILES string of the molecule is CC(C)(C)c1nnc(NC(=O)c2ccc([N+](=O)[O-])cc2[N+](=O)[O-])s1. The summed E-state index contributed by atoms with van der Waals surface area (Å²) in [6.07, 6.45) is 0. The van der Waals surface area contributed by atoms with Crippen molar-refractivity contribution in [3.63, 3.8) is 0 Å². The molecular weight excluding hydrogens is 338 g/mol. The average Bonchev–Trinajstić information content (AvgIpc) is 2.95. The van der Waals surface area contributed by atoms with Gasteiger partial charge in [0.1, 0.15) is 10.6 Å². The first-order chi connectivity index (χ1) is 11.1. The van der Waals surface area contributed by atoms with Crippen molar-refractivity contribution in [1.82, 2.24) is 10.2 Å². The number of nitrogens with one attached hydrogen (secondary N) is 1. The van der Waals surface area contributed by atoms with Crippen molar-refractivity contribution in [2.45, 2.75) is 26.2 Å². The van der Waals surface area contributed by atoms with Crippen LogP contribution in [0, 0.1) is 20.2 Å². The van der Waals surface area contributed by atoms with Gasteiger partial charge in [0, 0.05) is 11.5 Å². The van der Waals surface area contributed by atoms with Crippen LogP contribution >= 0.6 is 11.3 Å². The van der Waals surface area contributed by atoms with Gasteiger partial charge in [0.2, 0.25) is 5.13 Å². The number of nitrogens with zero attached hydrogens (tertiary/aromatic N) is 4. The summed E-state index contributed by atoms with van der Waals surface area (Å²) in [5, 5.41) is 32.9. The number of benzene rings is 1. The molecule has 10 nitrogen and oxygen atoms in total. The number of aromatic nitrogens is 2. The van der Waals surface area contributed by atoms with Crippen LogP contribution in [-0.2, 0) is 5.41 Å². The fraction of sp³-hybridized carbons (Fsp3) is 0.308. The molecule has 0 radical (unpaired) electrons. The number of non-ortho nitro benzene ring substituents is 1. The molecule has 11 heteroatoms. The lowest BCUT2D eigenvalue weighted by Crippen LogP contribution is -2.14. The Kier molecular flexibility index (Phi) is 4.55. The molecular formula is C13H13N5O5S. The Morgan fingerprint density at radius 1 is 1.17 bits per heavy atom. The molecule has 0 saturated carbocycles. The molecule has 1 heterocycles. The van der Waals surface area contributed by atoms with Gasteiger partial charge in [0.05, 0.1) is 15.9 Å². The van der Waals surface area contributed by atoms with E-state index in [0.717, 1.165) is 29.5 Å². The zero-order chi connectivity index (χ0) is 18.1. The Morgan fingerprint density at radius 3 is 2.33 bits per heavy atom. The maximum absolute atomic E-state index is 12.2. The minimum atomic E-state index is -0.845. The number of anilines is 1. The predicted octanol–water partition coefficient (Wildman–Crippen LogP) is 2.90. The van der Waals surface area contributed by atoms with Crippen molar-refractivity contribution in [2.24, 2.45) is 0 Å². The highest BCUT2D eigenvalue weighted by Gasteiger charge is 2.25. The maximum atomic E-state index is 12.2. The third kappa shape index (κ3) is 3.68. The molecule has 0 aliphatic rings. The van der Waals surface area contributed by atoms with Crippen LogP contribution in [-0.4, -0.2) is 26.0 Å². The van der Waals surface area contributed by atoms with Gasteiger partial charge in [-0.25, -0.2) is 0 Å². The van der Waals surface area contributed by atoms with Crippen LogP contribution in [0.5, 0.6) is 0 Å². The van der Waals surface area contributed by atoms with Gasteiger partial charge in [-0.2, -0.15) is 0 Å². The van der Waals surface area contributed by atoms with E-state index in [4.69, 9.17) is 0 Å². The van der Waals surface area contributed by atoms with E-state index < -0.39 is 27.1 Å². The van der Waals surface area contributed by atoms with E-state index in [1.54, 1.807) is 0 Å². The third-order valence-electron chi connectivity index (χ3n) is 2.92. The smallest absolute Gasteiger partial charge is 0.289 e. The van der Waals surface area contributed by atoms with Crippen LogP contribution in [0.4, 0.5) is 16.5 Å². The predicted molar refractivity (Wildman–Crippen MR) is 86.3 cm³/mol. The first-order valence-corrected chi connectivity index (χ1v) is 7.49. The van der Waals surface area contributed by atoms with Crippen molar-refractivity contribution in [1.29, 1.82) is 0 Å². The fourth-order valence-corrected chi connectivity index (χ4v) is 2.51. The van der Waals surface area contributed by atoms with E-state index in [9.17, 15) is 25.0 Å². The van der Waals surface area contributed by atoms with Gasteiger partial charge in [-0.05, 0) is 6.07 Å². The molecule has 0 aliphatic heterocycles. The summed E-state index contributed by atoms with van der Waals surface area (Å²) in [4.78, 5) is 32.4. The van der Waals surface area contributed by atoms with Crippen molar-refractivity contribution in [2.75, 3.05) is 5.32 Å². The van der Waals surface area contributed by atoms with E-state index in [2.05, 4.69) is 15.5 Å². The van der Waals surface area contributed by atoms with Crippen molar-refractivity contribution < 1.29 is 14.6 Å². The molecule has 0 saturated heterocycles. The van der Waals surface area contributed by atoms with E-state index in [-0.39, 0.29) is 16.1 Å². The van der Waals surface area contributed by atoms with E-state index in [1.807, 2.05) is 20.8 Å². The second-order valence-electron chi connectivity index (χ2n) is 5.83. The van der Waals surface area contributed by atoms with Gasteiger partial charge in [-0.1, -0.05) is 32.1 Å². The van der Waals surface area contributed by atoms with Crippen molar-refractivity contribution in [3.8, 4) is 0 Å². The largest absolute Gasteiger partial charge is 0.296 e. The van der Waals surface area contributed by atoms with Crippen molar-refractivity contribution in [3.05, 3.63) is 49.0 Å². The van der Waals surface area contributed by atoms with Crippen LogP contribution in [0.3, 0.4) is 0 Å². The highest BCUT2D eigenvalue weighted by atomic mass is 32.1. The van der Waals surface area contributed by atoms with Gasteiger partial charge in [0.25, 0.3) is 17.3 Å². The summed E-state index contributed by atoms with van der Waals surface area (Å²) >= 11 is 1.15. The number of amides is 1. The molecule has 0 spiro atoms. The molecule has 126 valence electrons. The normalized spacial score (nSPS) is 11.1. The topological polar surface area (TPSA) is 141 Å². The van der Waals surface area contributed by atoms with E-state index in [1.165, 1.54) is 0 Å².